The van der Waals surface area contributed by atoms with Gasteiger partial charge in [0.15, 0.2) is 5.78 Å². The van der Waals surface area contributed by atoms with Gasteiger partial charge in [0.25, 0.3) is 0 Å². The molecule has 3 atom stereocenters. The van der Waals surface area contributed by atoms with Gasteiger partial charge in [0.1, 0.15) is 17.4 Å². The van der Waals surface area contributed by atoms with Gasteiger partial charge in [0.05, 0.1) is 11.5 Å². The Morgan fingerprint density at radius 2 is 1.77 bits per heavy atom. The van der Waals surface area contributed by atoms with Crippen molar-refractivity contribution in [3.8, 4) is 0 Å². The van der Waals surface area contributed by atoms with Gasteiger partial charge in [-0.2, -0.15) is 0 Å². The maximum Gasteiger partial charge on any atom is 0.159 e. The number of hydrogen-bond acceptors (Lipinski definition) is 4. The Hall–Kier alpha value is -2.01. The first kappa shape index (κ1) is 16.4. The maximum absolute atomic E-state index is 13.1. The summed E-state index contributed by atoms with van der Waals surface area (Å²) in [5, 5.41) is 20.7. The third kappa shape index (κ3) is 2.81. The molecule has 1 aliphatic rings. The van der Waals surface area contributed by atoms with Crippen LogP contribution in [-0.4, -0.2) is 27.4 Å². The van der Waals surface area contributed by atoms with E-state index < -0.39 is 23.3 Å². The minimum Gasteiger partial charge on any atom is -0.512 e. The molecule has 0 aromatic heterocycles. The number of allylic oxidation sites excluding steroid dienone is 1. The summed E-state index contributed by atoms with van der Waals surface area (Å²) >= 11 is 0. The van der Waals surface area contributed by atoms with E-state index >= 15 is 0 Å². The quantitative estimate of drug-likeness (QED) is 0.900. The zero-order chi connectivity index (χ0) is 16.7. The van der Waals surface area contributed by atoms with Crippen molar-refractivity contribution in [3.63, 3.8) is 0 Å². The molecule has 0 saturated heterocycles. The third-order valence-corrected chi connectivity index (χ3v) is 4.20. The third-order valence-electron chi connectivity index (χ3n) is 4.20. The van der Waals surface area contributed by atoms with E-state index in [0.717, 1.165) is 0 Å². The van der Waals surface area contributed by atoms with E-state index in [1.165, 1.54) is 45.0 Å². The lowest BCUT2D eigenvalue weighted by Gasteiger charge is -2.41. The molecule has 2 N–H and O–H groups in total. The highest BCUT2D eigenvalue weighted by Crippen LogP contribution is 2.46. The molecule has 0 saturated carbocycles. The van der Waals surface area contributed by atoms with Crippen molar-refractivity contribution in [1.82, 2.24) is 0 Å². The first-order valence-corrected chi connectivity index (χ1v) is 7.06. The first-order valence-electron chi connectivity index (χ1n) is 7.06. The molecule has 5 heteroatoms. The summed E-state index contributed by atoms with van der Waals surface area (Å²) in [6.45, 7) is 4.11. The molecule has 22 heavy (non-hydrogen) atoms. The molecule has 0 heterocycles. The van der Waals surface area contributed by atoms with Crippen LogP contribution in [0.2, 0.25) is 0 Å². The summed E-state index contributed by atoms with van der Waals surface area (Å²) in [7, 11) is 0. The standard InChI is InChI=1S/C17H19FO4/c1-9(19)14-13(21)8-17(3,22)16(10(2)20)15(14)11-4-6-12(18)7-5-11/h4-7,15-16,21-22H,8H2,1-3H3. The number of aliphatic hydroxyl groups excluding tert-OH is 1. The Bertz CT molecular complexity index is 643. The second-order valence-electron chi connectivity index (χ2n) is 6.07. The van der Waals surface area contributed by atoms with E-state index in [2.05, 4.69) is 0 Å². The highest BCUT2D eigenvalue weighted by molar-refractivity contribution is 5.97. The second kappa shape index (κ2) is 5.65. The lowest BCUT2D eigenvalue weighted by atomic mass is 9.64. The molecule has 0 spiro atoms. The maximum atomic E-state index is 13.1. The van der Waals surface area contributed by atoms with E-state index in [4.69, 9.17) is 0 Å². The Balaban J connectivity index is 2.69. The number of carbonyl (C=O) groups is 2. The number of carbonyl (C=O) groups excluding carboxylic acids is 2. The number of rotatable bonds is 3. The van der Waals surface area contributed by atoms with E-state index in [-0.39, 0.29) is 29.3 Å². The minimum atomic E-state index is -1.48. The summed E-state index contributed by atoms with van der Waals surface area (Å²) in [5.41, 5.74) is -0.856. The van der Waals surface area contributed by atoms with Crippen molar-refractivity contribution in [2.24, 2.45) is 5.92 Å². The molecule has 0 aliphatic heterocycles. The van der Waals surface area contributed by atoms with Crippen LogP contribution < -0.4 is 0 Å². The van der Waals surface area contributed by atoms with Crippen LogP contribution in [0.25, 0.3) is 0 Å². The first-order chi connectivity index (χ1) is 10.1. The molecule has 1 aromatic carbocycles. The van der Waals surface area contributed by atoms with Gasteiger partial charge in [-0.1, -0.05) is 12.1 Å². The summed E-state index contributed by atoms with van der Waals surface area (Å²) in [6.07, 6.45) is -0.163. The van der Waals surface area contributed by atoms with Gasteiger partial charge in [-0.15, -0.1) is 0 Å². The number of ketones is 2. The number of halogens is 1. The molecule has 2 rings (SSSR count). The monoisotopic (exact) mass is 306 g/mol. The number of hydrogen-bond donors (Lipinski definition) is 2. The number of aliphatic hydroxyl groups is 2. The minimum absolute atomic E-state index is 0.110. The molecular formula is C17H19FO4. The lowest BCUT2D eigenvalue weighted by molar-refractivity contribution is -0.132. The Morgan fingerprint density at radius 1 is 1.23 bits per heavy atom. The van der Waals surface area contributed by atoms with Crippen LogP contribution in [0.5, 0.6) is 0 Å². The Morgan fingerprint density at radius 3 is 2.23 bits per heavy atom. The van der Waals surface area contributed by atoms with Crippen molar-refractivity contribution in [2.75, 3.05) is 0 Å². The van der Waals surface area contributed by atoms with Crippen LogP contribution in [0.4, 0.5) is 4.39 Å². The van der Waals surface area contributed by atoms with E-state index in [1.807, 2.05) is 0 Å². The van der Waals surface area contributed by atoms with Gasteiger partial charge in [-0.05, 0) is 38.5 Å². The van der Waals surface area contributed by atoms with Crippen molar-refractivity contribution in [3.05, 3.63) is 47.0 Å². The molecule has 1 aromatic rings. The van der Waals surface area contributed by atoms with Crippen molar-refractivity contribution in [1.29, 1.82) is 0 Å². The predicted molar refractivity (Wildman–Crippen MR) is 78.9 cm³/mol. The van der Waals surface area contributed by atoms with Gasteiger partial charge in [0, 0.05) is 17.9 Å². The second-order valence-corrected chi connectivity index (χ2v) is 6.07. The SMILES string of the molecule is CC(=O)C1=C(O)CC(C)(O)C(C(C)=O)C1c1ccc(F)cc1. The molecule has 0 bridgehead atoms. The fraction of sp³-hybridized carbons (Fsp3) is 0.412. The molecule has 118 valence electrons. The van der Waals surface area contributed by atoms with Gasteiger partial charge in [-0.25, -0.2) is 4.39 Å². The average molecular weight is 306 g/mol. The summed E-state index contributed by atoms with van der Waals surface area (Å²) in [4.78, 5) is 24.0. The van der Waals surface area contributed by atoms with Crippen LogP contribution in [-0.2, 0) is 9.59 Å². The smallest absolute Gasteiger partial charge is 0.159 e. The Labute approximate surface area is 128 Å². The largest absolute Gasteiger partial charge is 0.512 e. The number of Topliss-reactive ketones (excluding diaryl/α,β-unsaturated/α-hetero) is 2. The normalized spacial score (nSPS) is 28.6. The van der Waals surface area contributed by atoms with Gasteiger partial charge >= 0.3 is 0 Å². The van der Waals surface area contributed by atoms with Crippen LogP contribution in [0.15, 0.2) is 35.6 Å². The summed E-state index contributed by atoms with van der Waals surface area (Å²) in [6, 6.07) is 5.39. The molecule has 1 aliphatic carbocycles. The summed E-state index contributed by atoms with van der Waals surface area (Å²) in [5.74, 6) is -2.99. The van der Waals surface area contributed by atoms with Gasteiger partial charge in [0.2, 0.25) is 0 Å². The molecule has 0 amide bonds. The van der Waals surface area contributed by atoms with Crippen molar-refractivity contribution >= 4 is 11.6 Å². The van der Waals surface area contributed by atoms with Crippen LogP contribution in [0.1, 0.15) is 38.7 Å². The lowest BCUT2D eigenvalue weighted by Crippen LogP contribution is -2.47. The average Bonchev–Trinajstić information content (AvgIpc) is 2.36. The van der Waals surface area contributed by atoms with Crippen LogP contribution in [0, 0.1) is 11.7 Å². The molecule has 0 radical (unpaired) electrons. The zero-order valence-corrected chi connectivity index (χ0v) is 12.8. The zero-order valence-electron chi connectivity index (χ0n) is 12.8. The number of benzene rings is 1. The van der Waals surface area contributed by atoms with Gasteiger partial charge in [-0.3, -0.25) is 9.59 Å². The molecule has 3 unspecified atom stereocenters. The highest BCUT2D eigenvalue weighted by atomic mass is 19.1. The molecular weight excluding hydrogens is 287 g/mol. The van der Waals surface area contributed by atoms with Gasteiger partial charge < -0.3 is 10.2 Å². The fourth-order valence-corrected chi connectivity index (χ4v) is 3.37. The Kier molecular flexibility index (Phi) is 4.20. The molecule has 4 nitrogen and oxygen atoms in total. The van der Waals surface area contributed by atoms with Crippen LogP contribution in [0.3, 0.4) is 0 Å². The van der Waals surface area contributed by atoms with Crippen molar-refractivity contribution in [2.45, 2.75) is 38.7 Å². The topological polar surface area (TPSA) is 74.6 Å². The summed E-state index contributed by atoms with van der Waals surface area (Å²) < 4.78 is 13.1. The van der Waals surface area contributed by atoms with E-state index in [9.17, 15) is 24.2 Å². The fourth-order valence-electron chi connectivity index (χ4n) is 3.37. The predicted octanol–water partition coefficient (Wildman–Crippen LogP) is 2.67. The molecule has 0 fully saturated rings. The van der Waals surface area contributed by atoms with Crippen molar-refractivity contribution < 1.29 is 24.2 Å². The van der Waals surface area contributed by atoms with Crippen LogP contribution >= 0.6 is 0 Å². The van der Waals surface area contributed by atoms with E-state index in [1.54, 1.807) is 0 Å². The van der Waals surface area contributed by atoms with E-state index in [0.29, 0.717) is 5.56 Å². The highest BCUT2D eigenvalue weighted by Gasteiger charge is 2.49.